The number of carbonyl (C=O) groups excluding carboxylic acids is 2. The molecule has 0 spiro atoms. The molecule has 4 aromatic rings. The first-order valence-corrected chi connectivity index (χ1v) is 10.5. The fourth-order valence-electron chi connectivity index (χ4n) is 3.38. The average molecular weight is 464 g/mol. The van der Waals surface area contributed by atoms with Crippen molar-refractivity contribution in [1.82, 2.24) is 9.55 Å². The number of furan rings is 1. The van der Waals surface area contributed by atoms with E-state index in [2.05, 4.69) is 15.6 Å². The molecule has 2 aromatic carbocycles. The smallest absolute Gasteiger partial charge is 0.412 e. The molecule has 2 heterocycles. The summed E-state index contributed by atoms with van der Waals surface area (Å²) in [5, 5.41) is 6.04. The number of fused-ring (bicyclic) bond motifs is 3. The van der Waals surface area contributed by atoms with Crippen LogP contribution < -0.4 is 20.9 Å². The number of hydrogen-bond donors (Lipinski definition) is 2. The minimum absolute atomic E-state index is 0.0878. The van der Waals surface area contributed by atoms with E-state index < -0.39 is 23.2 Å². The highest BCUT2D eigenvalue weighted by molar-refractivity contribution is 6.02. The number of hydrogen-bond acceptors (Lipinski definition) is 7. The number of benzene rings is 2. The van der Waals surface area contributed by atoms with Crippen LogP contribution in [0.15, 0.2) is 58.0 Å². The van der Waals surface area contributed by atoms with Crippen molar-refractivity contribution in [3.8, 4) is 5.75 Å². The summed E-state index contributed by atoms with van der Waals surface area (Å²) in [4.78, 5) is 41.9. The normalized spacial score (nSPS) is 11.4. The summed E-state index contributed by atoms with van der Waals surface area (Å²) in [7, 11) is 1.46. The van der Waals surface area contributed by atoms with Crippen LogP contribution in [0.4, 0.5) is 16.2 Å². The van der Waals surface area contributed by atoms with Gasteiger partial charge in [-0.1, -0.05) is 12.1 Å². The molecule has 0 fully saturated rings. The summed E-state index contributed by atoms with van der Waals surface area (Å²) >= 11 is 0. The first kappa shape index (κ1) is 22.8. The van der Waals surface area contributed by atoms with Crippen LogP contribution in [0.3, 0.4) is 0 Å². The SMILES string of the molecule is COc1ccc(NC(=O)Cn2cnc3c(oc4ccccc43)c2=O)cc1NC(=O)OC(C)(C)C. The molecule has 0 saturated carbocycles. The lowest BCUT2D eigenvalue weighted by Gasteiger charge is -2.20. The van der Waals surface area contributed by atoms with E-state index in [4.69, 9.17) is 13.9 Å². The first-order chi connectivity index (χ1) is 16.1. The zero-order valence-corrected chi connectivity index (χ0v) is 19.2. The standard InChI is InChI=1S/C24H24N4O6/c1-24(2,3)34-23(31)27-16-11-14(9-10-18(16)32-4)26-19(29)12-28-13-25-20-15-7-5-6-8-17(15)33-21(20)22(28)30/h5-11,13H,12H2,1-4H3,(H,26,29)(H,27,31). The maximum absolute atomic E-state index is 12.8. The lowest BCUT2D eigenvalue weighted by Crippen LogP contribution is -2.28. The number of amides is 2. The number of carbonyl (C=O) groups is 2. The molecule has 0 saturated heterocycles. The van der Waals surface area contributed by atoms with Gasteiger partial charge in [-0.2, -0.15) is 0 Å². The largest absolute Gasteiger partial charge is 0.495 e. The number of methoxy groups -OCH3 is 1. The Morgan fingerprint density at radius 1 is 1.12 bits per heavy atom. The monoisotopic (exact) mass is 464 g/mol. The second-order valence-electron chi connectivity index (χ2n) is 8.54. The number of aromatic nitrogens is 2. The maximum Gasteiger partial charge on any atom is 0.412 e. The second kappa shape index (κ2) is 8.89. The van der Waals surface area contributed by atoms with Crippen molar-refractivity contribution < 1.29 is 23.5 Å². The van der Waals surface area contributed by atoms with E-state index in [0.717, 1.165) is 5.39 Å². The number of anilines is 2. The van der Waals surface area contributed by atoms with Crippen molar-refractivity contribution in [2.45, 2.75) is 32.9 Å². The molecule has 0 aliphatic rings. The third-order valence-electron chi connectivity index (χ3n) is 4.78. The third kappa shape index (κ3) is 4.85. The van der Waals surface area contributed by atoms with Gasteiger partial charge in [0.05, 0.1) is 19.1 Å². The highest BCUT2D eigenvalue weighted by Gasteiger charge is 2.19. The molecule has 0 unspecified atom stereocenters. The van der Waals surface area contributed by atoms with Gasteiger partial charge in [0.2, 0.25) is 11.5 Å². The van der Waals surface area contributed by atoms with Crippen molar-refractivity contribution in [3.63, 3.8) is 0 Å². The van der Waals surface area contributed by atoms with Crippen LogP contribution in [-0.4, -0.2) is 34.3 Å². The van der Waals surface area contributed by atoms with Gasteiger partial charge in [-0.05, 0) is 51.1 Å². The number of ether oxygens (including phenoxy) is 2. The number of nitrogens with one attached hydrogen (secondary N) is 2. The topological polar surface area (TPSA) is 125 Å². The van der Waals surface area contributed by atoms with Gasteiger partial charge < -0.3 is 19.2 Å². The fraction of sp³-hybridized carbons (Fsp3) is 0.250. The number of rotatable bonds is 5. The summed E-state index contributed by atoms with van der Waals surface area (Å²) in [6, 6.07) is 11.9. The molecule has 2 amide bonds. The fourth-order valence-corrected chi connectivity index (χ4v) is 3.38. The zero-order valence-electron chi connectivity index (χ0n) is 19.2. The summed E-state index contributed by atoms with van der Waals surface area (Å²) in [5.74, 6) is -0.0765. The maximum atomic E-state index is 12.8. The molecule has 2 aromatic heterocycles. The van der Waals surface area contributed by atoms with Crippen LogP contribution in [0.25, 0.3) is 22.1 Å². The Bertz CT molecular complexity index is 1450. The molecule has 10 nitrogen and oxygen atoms in total. The van der Waals surface area contributed by atoms with Crippen molar-refractivity contribution in [2.75, 3.05) is 17.7 Å². The average Bonchev–Trinajstić information content (AvgIpc) is 3.14. The van der Waals surface area contributed by atoms with Gasteiger partial charge in [-0.25, -0.2) is 9.78 Å². The lowest BCUT2D eigenvalue weighted by atomic mass is 10.2. The van der Waals surface area contributed by atoms with Crippen LogP contribution in [-0.2, 0) is 16.1 Å². The number of para-hydroxylation sites is 1. The third-order valence-corrected chi connectivity index (χ3v) is 4.78. The molecular formula is C24H24N4O6. The van der Waals surface area contributed by atoms with E-state index in [1.807, 2.05) is 12.1 Å². The first-order valence-electron chi connectivity index (χ1n) is 10.5. The van der Waals surface area contributed by atoms with Crippen LogP contribution in [0.1, 0.15) is 20.8 Å². The van der Waals surface area contributed by atoms with E-state index >= 15 is 0 Å². The van der Waals surface area contributed by atoms with E-state index in [9.17, 15) is 14.4 Å². The second-order valence-corrected chi connectivity index (χ2v) is 8.54. The quantitative estimate of drug-likeness (QED) is 0.455. The Hall–Kier alpha value is -4.34. The summed E-state index contributed by atoms with van der Waals surface area (Å²) in [6.45, 7) is 4.97. The highest BCUT2D eigenvalue weighted by atomic mass is 16.6. The molecule has 4 rings (SSSR count). The minimum atomic E-state index is -0.675. The molecule has 0 atom stereocenters. The van der Waals surface area contributed by atoms with Crippen molar-refractivity contribution in [3.05, 3.63) is 59.1 Å². The Morgan fingerprint density at radius 3 is 2.62 bits per heavy atom. The van der Waals surface area contributed by atoms with Gasteiger partial charge in [0.1, 0.15) is 29.0 Å². The van der Waals surface area contributed by atoms with Crippen LogP contribution in [0, 0.1) is 0 Å². The van der Waals surface area contributed by atoms with E-state index in [-0.39, 0.29) is 12.1 Å². The van der Waals surface area contributed by atoms with Crippen LogP contribution in [0.5, 0.6) is 5.75 Å². The van der Waals surface area contributed by atoms with E-state index in [1.54, 1.807) is 45.0 Å². The van der Waals surface area contributed by atoms with Crippen molar-refractivity contribution >= 4 is 45.4 Å². The molecule has 0 aliphatic heterocycles. The van der Waals surface area contributed by atoms with Crippen molar-refractivity contribution in [1.29, 1.82) is 0 Å². The van der Waals surface area contributed by atoms with E-state index in [0.29, 0.717) is 28.2 Å². The van der Waals surface area contributed by atoms with Gasteiger partial charge in [0, 0.05) is 11.1 Å². The molecule has 0 aliphatic carbocycles. The molecule has 0 radical (unpaired) electrons. The Morgan fingerprint density at radius 2 is 1.88 bits per heavy atom. The lowest BCUT2D eigenvalue weighted by molar-refractivity contribution is -0.116. The predicted molar refractivity (Wildman–Crippen MR) is 127 cm³/mol. The van der Waals surface area contributed by atoms with Gasteiger partial charge in [-0.3, -0.25) is 19.5 Å². The molecule has 176 valence electrons. The number of nitrogens with zero attached hydrogens (tertiary/aromatic N) is 2. The van der Waals surface area contributed by atoms with Crippen LogP contribution >= 0.6 is 0 Å². The summed E-state index contributed by atoms with van der Waals surface area (Å²) in [6.07, 6.45) is 0.654. The molecule has 2 N–H and O–H groups in total. The van der Waals surface area contributed by atoms with Gasteiger partial charge in [-0.15, -0.1) is 0 Å². The minimum Gasteiger partial charge on any atom is -0.495 e. The van der Waals surface area contributed by atoms with Crippen LogP contribution in [0.2, 0.25) is 0 Å². The Balaban J connectivity index is 1.52. The molecule has 0 bridgehead atoms. The molecule has 10 heteroatoms. The van der Waals surface area contributed by atoms with Gasteiger partial charge in [0.15, 0.2) is 0 Å². The summed E-state index contributed by atoms with van der Waals surface area (Å²) in [5.41, 5.74) is 0.659. The predicted octanol–water partition coefficient (Wildman–Crippen LogP) is 4.14. The zero-order chi connectivity index (χ0) is 24.5. The van der Waals surface area contributed by atoms with Crippen molar-refractivity contribution in [2.24, 2.45) is 0 Å². The molecule has 34 heavy (non-hydrogen) atoms. The summed E-state index contributed by atoms with van der Waals surface area (Å²) < 4.78 is 17.3. The Kier molecular flexibility index (Phi) is 5.97. The molecular weight excluding hydrogens is 440 g/mol. The Labute approximate surface area is 194 Å². The van der Waals surface area contributed by atoms with E-state index in [1.165, 1.54) is 24.1 Å². The highest BCUT2D eigenvalue weighted by Crippen LogP contribution is 2.28. The van der Waals surface area contributed by atoms with Gasteiger partial charge in [0.25, 0.3) is 5.56 Å². The van der Waals surface area contributed by atoms with Gasteiger partial charge >= 0.3 is 6.09 Å².